The van der Waals surface area contributed by atoms with Crippen molar-refractivity contribution in [3.63, 3.8) is 0 Å². The van der Waals surface area contributed by atoms with Crippen molar-refractivity contribution in [2.75, 3.05) is 11.9 Å². The van der Waals surface area contributed by atoms with Crippen LogP contribution in [0.3, 0.4) is 0 Å². The largest absolute Gasteiger partial charge is 0.368 e. The molecule has 3 nitrogen and oxygen atoms in total. The molecule has 0 aromatic heterocycles. The molecule has 1 heterocycles. The summed E-state index contributed by atoms with van der Waals surface area (Å²) in [5, 5.41) is 3.94. The molecule has 1 aliphatic rings. The lowest BCUT2D eigenvalue weighted by molar-refractivity contribution is -0.130. The summed E-state index contributed by atoms with van der Waals surface area (Å²) < 4.78 is 5.31. The number of nitrogens with one attached hydrogen (secondary N) is 1. The van der Waals surface area contributed by atoms with E-state index in [0.717, 1.165) is 37.6 Å². The van der Waals surface area contributed by atoms with Gasteiger partial charge in [-0.1, -0.05) is 22.9 Å². The van der Waals surface area contributed by atoms with E-state index in [1.165, 1.54) is 0 Å². The van der Waals surface area contributed by atoms with Crippen molar-refractivity contribution in [3.05, 3.63) is 0 Å². The number of rotatable bonds is 5. The minimum Gasteiger partial charge on any atom is -0.368 e. The maximum absolute atomic E-state index is 11.6. The van der Waals surface area contributed by atoms with Crippen LogP contribution in [0.4, 0.5) is 0 Å². The maximum atomic E-state index is 11.6. The van der Waals surface area contributed by atoms with Crippen LogP contribution >= 0.6 is 15.9 Å². The Hall–Kier alpha value is -0.0900. The van der Waals surface area contributed by atoms with Gasteiger partial charge >= 0.3 is 0 Å². The van der Waals surface area contributed by atoms with Gasteiger partial charge in [0.2, 0.25) is 5.91 Å². The Morgan fingerprint density at radius 2 is 2.50 bits per heavy atom. The quantitative estimate of drug-likeness (QED) is 0.769. The van der Waals surface area contributed by atoms with E-state index < -0.39 is 0 Å². The molecule has 0 aromatic carbocycles. The number of alkyl halides is 1. The van der Waals surface area contributed by atoms with Gasteiger partial charge in [0.1, 0.15) is 6.10 Å². The molecule has 2 atom stereocenters. The fraction of sp³-hybridized carbons (Fsp3) is 0.900. The van der Waals surface area contributed by atoms with Crippen LogP contribution < -0.4 is 5.32 Å². The molecule has 0 spiro atoms. The van der Waals surface area contributed by atoms with E-state index in [0.29, 0.717) is 0 Å². The first-order chi connectivity index (χ1) is 6.77. The van der Waals surface area contributed by atoms with E-state index >= 15 is 0 Å². The fourth-order valence-corrected chi connectivity index (χ4v) is 2.14. The topological polar surface area (TPSA) is 38.3 Å². The molecule has 0 bridgehead atoms. The zero-order valence-electron chi connectivity index (χ0n) is 8.59. The Labute approximate surface area is 93.7 Å². The molecule has 0 aliphatic carbocycles. The van der Waals surface area contributed by atoms with Crippen LogP contribution in [0.25, 0.3) is 0 Å². The minimum atomic E-state index is -0.195. The molecular weight excluding hydrogens is 246 g/mol. The standard InChI is InChI=1S/C10H18BrNO2/c1-2-8(5-6-11)12-10(13)9-4-3-7-14-9/h8-9H,2-7H2,1H3,(H,12,13). The number of hydrogen-bond acceptors (Lipinski definition) is 2. The molecule has 1 saturated heterocycles. The molecule has 1 fully saturated rings. The second-order valence-corrected chi connectivity index (χ2v) is 4.39. The summed E-state index contributed by atoms with van der Waals surface area (Å²) in [6, 6.07) is 0.283. The third-order valence-electron chi connectivity index (χ3n) is 2.52. The van der Waals surface area contributed by atoms with Crippen molar-refractivity contribution in [1.29, 1.82) is 0 Å². The molecule has 1 amide bonds. The third-order valence-corrected chi connectivity index (χ3v) is 2.98. The number of amides is 1. The van der Waals surface area contributed by atoms with Crippen molar-refractivity contribution >= 4 is 21.8 Å². The molecule has 1 N–H and O–H groups in total. The van der Waals surface area contributed by atoms with Crippen LogP contribution in [0.15, 0.2) is 0 Å². The average molecular weight is 264 g/mol. The van der Waals surface area contributed by atoms with Gasteiger partial charge in [-0.25, -0.2) is 0 Å². The number of carbonyl (C=O) groups is 1. The van der Waals surface area contributed by atoms with Gasteiger partial charge in [0.25, 0.3) is 0 Å². The summed E-state index contributed by atoms with van der Waals surface area (Å²) in [6.07, 6.45) is 3.64. The second-order valence-electron chi connectivity index (χ2n) is 3.59. The number of halogens is 1. The van der Waals surface area contributed by atoms with Gasteiger partial charge < -0.3 is 10.1 Å². The van der Waals surface area contributed by atoms with Gasteiger partial charge in [-0.05, 0) is 25.7 Å². The zero-order valence-corrected chi connectivity index (χ0v) is 10.2. The first kappa shape index (κ1) is 12.0. The zero-order chi connectivity index (χ0) is 10.4. The summed E-state index contributed by atoms with van der Waals surface area (Å²) in [7, 11) is 0. The van der Waals surface area contributed by atoms with Gasteiger partial charge in [-0.15, -0.1) is 0 Å². The molecule has 4 heteroatoms. The highest BCUT2D eigenvalue weighted by Crippen LogP contribution is 2.12. The lowest BCUT2D eigenvalue weighted by Crippen LogP contribution is -2.41. The fourth-order valence-electron chi connectivity index (χ4n) is 1.59. The van der Waals surface area contributed by atoms with Gasteiger partial charge in [0.05, 0.1) is 0 Å². The van der Waals surface area contributed by atoms with Gasteiger partial charge in [-0.3, -0.25) is 4.79 Å². The van der Waals surface area contributed by atoms with Gasteiger partial charge in [0, 0.05) is 18.0 Å². The van der Waals surface area contributed by atoms with Crippen molar-refractivity contribution in [2.24, 2.45) is 0 Å². The van der Waals surface area contributed by atoms with E-state index in [9.17, 15) is 4.79 Å². The van der Waals surface area contributed by atoms with E-state index in [2.05, 4.69) is 28.2 Å². The van der Waals surface area contributed by atoms with E-state index in [4.69, 9.17) is 4.74 Å². The van der Waals surface area contributed by atoms with E-state index in [-0.39, 0.29) is 18.1 Å². The summed E-state index contributed by atoms with van der Waals surface area (Å²) in [5.74, 6) is 0.0651. The molecule has 2 unspecified atom stereocenters. The van der Waals surface area contributed by atoms with Gasteiger partial charge in [-0.2, -0.15) is 0 Å². The van der Waals surface area contributed by atoms with Crippen LogP contribution in [0, 0.1) is 0 Å². The third kappa shape index (κ3) is 3.58. The monoisotopic (exact) mass is 263 g/mol. The number of ether oxygens (including phenoxy) is 1. The van der Waals surface area contributed by atoms with E-state index in [1.807, 2.05) is 0 Å². The minimum absolute atomic E-state index is 0.0651. The molecule has 14 heavy (non-hydrogen) atoms. The summed E-state index contributed by atoms with van der Waals surface area (Å²) >= 11 is 3.38. The maximum Gasteiger partial charge on any atom is 0.249 e. The van der Waals surface area contributed by atoms with Crippen molar-refractivity contribution in [3.8, 4) is 0 Å². The number of carbonyl (C=O) groups excluding carboxylic acids is 1. The Morgan fingerprint density at radius 1 is 1.71 bits per heavy atom. The van der Waals surface area contributed by atoms with Crippen molar-refractivity contribution < 1.29 is 9.53 Å². The predicted octanol–water partition coefficient (Wildman–Crippen LogP) is 1.85. The molecule has 1 aliphatic heterocycles. The molecule has 0 aromatic rings. The Bertz CT molecular complexity index is 181. The highest BCUT2D eigenvalue weighted by atomic mass is 79.9. The van der Waals surface area contributed by atoms with Crippen LogP contribution in [0.2, 0.25) is 0 Å². The Balaban J connectivity index is 2.29. The molecule has 0 radical (unpaired) electrons. The highest BCUT2D eigenvalue weighted by Gasteiger charge is 2.24. The van der Waals surface area contributed by atoms with Crippen LogP contribution in [-0.4, -0.2) is 30.0 Å². The first-order valence-corrected chi connectivity index (χ1v) is 6.38. The SMILES string of the molecule is CCC(CCBr)NC(=O)C1CCCO1. The lowest BCUT2D eigenvalue weighted by Gasteiger charge is -2.18. The average Bonchev–Trinajstić information content (AvgIpc) is 2.69. The van der Waals surface area contributed by atoms with Crippen LogP contribution in [0.1, 0.15) is 32.6 Å². The Morgan fingerprint density at radius 3 is 3.00 bits per heavy atom. The van der Waals surface area contributed by atoms with Crippen LogP contribution in [-0.2, 0) is 9.53 Å². The van der Waals surface area contributed by atoms with Crippen molar-refractivity contribution in [1.82, 2.24) is 5.32 Å². The predicted molar refractivity (Wildman–Crippen MR) is 59.6 cm³/mol. The second kappa shape index (κ2) is 6.40. The lowest BCUT2D eigenvalue weighted by atomic mass is 10.1. The smallest absolute Gasteiger partial charge is 0.249 e. The van der Waals surface area contributed by atoms with E-state index in [1.54, 1.807) is 0 Å². The Kier molecular flexibility index (Phi) is 5.48. The number of hydrogen-bond donors (Lipinski definition) is 1. The highest BCUT2D eigenvalue weighted by molar-refractivity contribution is 9.09. The van der Waals surface area contributed by atoms with Gasteiger partial charge in [0.15, 0.2) is 0 Å². The normalized spacial score (nSPS) is 23.4. The van der Waals surface area contributed by atoms with Crippen LogP contribution in [0.5, 0.6) is 0 Å². The summed E-state index contributed by atoms with van der Waals surface area (Å²) in [6.45, 7) is 2.82. The molecular formula is C10H18BrNO2. The summed E-state index contributed by atoms with van der Waals surface area (Å²) in [4.78, 5) is 11.6. The summed E-state index contributed by atoms with van der Waals surface area (Å²) in [5.41, 5.74) is 0. The first-order valence-electron chi connectivity index (χ1n) is 5.25. The molecule has 0 saturated carbocycles. The molecule has 1 rings (SSSR count). The van der Waals surface area contributed by atoms with Crippen molar-refractivity contribution in [2.45, 2.75) is 44.8 Å². The molecule has 82 valence electrons.